The molecule has 4 nitrogen and oxygen atoms in total. The second-order valence-corrected chi connectivity index (χ2v) is 5.77. The molecule has 0 saturated carbocycles. The minimum Gasteiger partial charge on any atom is -0.340 e. The molecule has 1 atom stereocenters. The highest BCUT2D eigenvalue weighted by molar-refractivity contribution is 7.99. The lowest BCUT2D eigenvalue weighted by Gasteiger charge is -2.38. The maximum Gasteiger partial charge on any atom is 0.263 e. The molecule has 0 spiro atoms. The summed E-state index contributed by atoms with van der Waals surface area (Å²) in [5.74, 6) is 2.86. The molecule has 1 N–H and O–H groups in total. The number of rotatable bonds is 1. The Morgan fingerprint density at radius 3 is 3.31 bits per heavy atom. The molecule has 3 heterocycles. The number of carbonyl (C=O) groups excluding carboxylic acids is 1. The van der Waals surface area contributed by atoms with E-state index < -0.39 is 0 Å². The average Bonchev–Trinajstić information content (AvgIpc) is 2.83. The quantitative estimate of drug-likeness (QED) is 0.810. The lowest BCUT2D eigenvalue weighted by atomic mass is 10.2. The average molecular weight is 253 g/mol. The number of fused-ring (bicyclic) bond motifs is 1. The maximum atomic E-state index is 11.7. The number of nitrogens with one attached hydrogen (secondary N) is 1. The molecule has 1 saturated heterocycles. The number of nitrogens with zero attached hydrogens (tertiary/aromatic N) is 2. The van der Waals surface area contributed by atoms with Gasteiger partial charge < -0.3 is 4.90 Å². The van der Waals surface area contributed by atoms with Crippen LogP contribution in [-0.4, -0.2) is 40.7 Å². The summed E-state index contributed by atoms with van der Waals surface area (Å²) >= 11 is 3.49. The van der Waals surface area contributed by atoms with Gasteiger partial charge in [0, 0.05) is 18.1 Å². The fraction of sp³-hybridized carbons (Fsp3) is 0.400. The number of hydrogen-bond donors (Lipinski definition) is 1. The van der Waals surface area contributed by atoms with Crippen molar-refractivity contribution in [3.8, 4) is 0 Å². The molecule has 2 aliphatic heterocycles. The Morgan fingerprint density at radius 2 is 2.50 bits per heavy atom. The summed E-state index contributed by atoms with van der Waals surface area (Å²) in [5.41, 5.74) is 2.62. The third-order valence-corrected chi connectivity index (χ3v) is 4.61. The number of hydrogen-bond acceptors (Lipinski definition) is 5. The molecule has 1 amide bonds. The first-order chi connectivity index (χ1) is 7.86. The van der Waals surface area contributed by atoms with E-state index in [4.69, 9.17) is 0 Å². The van der Waals surface area contributed by atoms with Crippen LogP contribution in [0.15, 0.2) is 22.6 Å². The third-order valence-electron chi connectivity index (χ3n) is 2.72. The third kappa shape index (κ3) is 1.62. The van der Waals surface area contributed by atoms with E-state index in [9.17, 15) is 4.79 Å². The summed E-state index contributed by atoms with van der Waals surface area (Å²) in [6, 6.07) is 4.00. The number of amides is 1. The van der Waals surface area contributed by atoms with Crippen molar-refractivity contribution in [2.75, 3.05) is 18.1 Å². The molecule has 16 heavy (non-hydrogen) atoms. The Morgan fingerprint density at radius 1 is 1.56 bits per heavy atom. The van der Waals surface area contributed by atoms with E-state index in [2.05, 4.69) is 15.4 Å². The Kier molecular flexibility index (Phi) is 2.61. The van der Waals surface area contributed by atoms with Crippen molar-refractivity contribution < 1.29 is 4.79 Å². The van der Waals surface area contributed by atoms with Crippen LogP contribution in [0.2, 0.25) is 0 Å². The molecule has 1 aromatic heterocycles. The lowest BCUT2D eigenvalue weighted by Crippen LogP contribution is -2.57. The van der Waals surface area contributed by atoms with Crippen LogP contribution in [-0.2, 0) is 4.79 Å². The highest BCUT2D eigenvalue weighted by Gasteiger charge is 2.35. The number of hydrazone groups is 1. The van der Waals surface area contributed by atoms with Gasteiger partial charge >= 0.3 is 0 Å². The summed E-state index contributed by atoms with van der Waals surface area (Å²) in [5, 5.41) is 6.21. The number of thiophene rings is 1. The van der Waals surface area contributed by atoms with E-state index in [-0.39, 0.29) is 11.9 Å². The summed E-state index contributed by atoms with van der Waals surface area (Å²) in [4.78, 5) is 14.9. The Balaban J connectivity index is 1.96. The van der Waals surface area contributed by atoms with Gasteiger partial charge in [-0.3, -0.25) is 4.79 Å². The highest BCUT2D eigenvalue weighted by Crippen LogP contribution is 2.23. The Bertz CT molecular complexity index is 429. The van der Waals surface area contributed by atoms with E-state index >= 15 is 0 Å². The van der Waals surface area contributed by atoms with E-state index in [0.29, 0.717) is 0 Å². The van der Waals surface area contributed by atoms with Gasteiger partial charge in [-0.15, -0.1) is 11.3 Å². The van der Waals surface area contributed by atoms with Crippen molar-refractivity contribution in [1.29, 1.82) is 0 Å². The van der Waals surface area contributed by atoms with Gasteiger partial charge in [0.25, 0.3) is 5.91 Å². The summed E-state index contributed by atoms with van der Waals surface area (Å²) in [6.45, 7) is 0.902. The van der Waals surface area contributed by atoms with Crippen molar-refractivity contribution >= 4 is 34.8 Å². The van der Waals surface area contributed by atoms with E-state index in [0.717, 1.165) is 28.8 Å². The topological polar surface area (TPSA) is 44.7 Å². The fourth-order valence-electron chi connectivity index (χ4n) is 1.92. The van der Waals surface area contributed by atoms with Crippen molar-refractivity contribution in [3.05, 3.63) is 22.4 Å². The van der Waals surface area contributed by atoms with Gasteiger partial charge in [-0.05, 0) is 11.4 Å². The van der Waals surface area contributed by atoms with Crippen LogP contribution in [0.3, 0.4) is 0 Å². The van der Waals surface area contributed by atoms with Gasteiger partial charge in [0.1, 0.15) is 6.04 Å². The zero-order chi connectivity index (χ0) is 11.0. The molecule has 84 valence electrons. The van der Waals surface area contributed by atoms with Crippen LogP contribution in [0.1, 0.15) is 4.88 Å². The number of thioether (sulfide) groups is 1. The standard InChI is InChI=1S/C10H11N3OS2/c14-10-7-6-15-5-3-13(7)9(11-12-10)8-2-1-4-16-8/h1-2,4,7H,3,5-6H2,(H,12,14). The molecule has 3 rings (SSSR count). The van der Waals surface area contributed by atoms with Crippen LogP contribution in [0.5, 0.6) is 0 Å². The van der Waals surface area contributed by atoms with Crippen LogP contribution < -0.4 is 5.43 Å². The molecule has 0 aromatic carbocycles. The minimum absolute atomic E-state index is 0.0208. The van der Waals surface area contributed by atoms with Gasteiger partial charge in [0.2, 0.25) is 0 Å². The Labute approximate surface area is 102 Å². The van der Waals surface area contributed by atoms with Crippen LogP contribution in [0.25, 0.3) is 0 Å². The predicted octanol–water partition coefficient (Wildman–Crippen LogP) is 0.957. The van der Waals surface area contributed by atoms with Crippen molar-refractivity contribution in [2.24, 2.45) is 5.10 Å². The fourth-order valence-corrected chi connectivity index (χ4v) is 3.70. The van der Waals surface area contributed by atoms with Crippen LogP contribution in [0, 0.1) is 0 Å². The highest BCUT2D eigenvalue weighted by atomic mass is 32.2. The molecular weight excluding hydrogens is 242 g/mol. The van der Waals surface area contributed by atoms with Gasteiger partial charge in [0.15, 0.2) is 5.84 Å². The first kappa shape index (κ1) is 10.2. The molecule has 1 aromatic rings. The normalized spacial score (nSPS) is 24.8. The van der Waals surface area contributed by atoms with Crippen molar-refractivity contribution in [2.45, 2.75) is 6.04 Å². The molecule has 1 fully saturated rings. The van der Waals surface area contributed by atoms with Crippen molar-refractivity contribution in [1.82, 2.24) is 10.3 Å². The van der Waals surface area contributed by atoms with E-state index in [1.165, 1.54) is 0 Å². The Hall–Kier alpha value is -1.01. The molecule has 0 bridgehead atoms. The number of amidine groups is 1. The zero-order valence-corrected chi connectivity index (χ0v) is 10.2. The van der Waals surface area contributed by atoms with E-state index in [1.54, 1.807) is 11.3 Å². The molecule has 6 heteroatoms. The van der Waals surface area contributed by atoms with E-state index in [1.807, 2.05) is 29.3 Å². The van der Waals surface area contributed by atoms with Gasteiger partial charge in [0.05, 0.1) is 4.88 Å². The predicted molar refractivity (Wildman–Crippen MR) is 66.8 cm³/mol. The monoisotopic (exact) mass is 253 g/mol. The molecule has 1 unspecified atom stereocenters. The van der Waals surface area contributed by atoms with Crippen molar-refractivity contribution in [3.63, 3.8) is 0 Å². The van der Waals surface area contributed by atoms with Gasteiger partial charge in [-0.2, -0.15) is 16.9 Å². The smallest absolute Gasteiger partial charge is 0.263 e. The lowest BCUT2D eigenvalue weighted by molar-refractivity contribution is -0.125. The molecular formula is C10H11N3OS2. The summed E-state index contributed by atoms with van der Waals surface area (Å²) in [6.07, 6.45) is 0. The second kappa shape index (κ2) is 4.10. The summed E-state index contributed by atoms with van der Waals surface area (Å²) < 4.78 is 0. The van der Waals surface area contributed by atoms with Gasteiger partial charge in [-0.25, -0.2) is 5.43 Å². The second-order valence-electron chi connectivity index (χ2n) is 3.67. The molecule has 2 aliphatic rings. The van der Waals surface area contributed by atoms with Crippen LogP contribution >= 0.6 is 23.1 Å². The molecule has 0 radical (unpaired) electrons. The first-order valence-corrected chi connectivity index (χ1v) is 7.15. The SMILES string of the molecule is O=C1NN=C(c2cccs2)N2CCSCC12. The number of carbonyl (C=O) groups is 1. The summed E-state index contributed by atoms with van der Waals surface area (Å²) in [7, 11) is 0. The van der Waals surface area contributed by atoms with Gasteiger partial charge in [-0.1, -0.05) is 6.07 Å². The van der Waals surface area contributed by atoms with Crippen LogP contribution in [0.4, 0.5) is 0 Å². The maximum absolute atomic E-state index is 11.7. The zero-order valence-electron chi connectivity index (χ0n) is 8.55. The molecule has 0 aliphatic carbocycles. The first-order valence-electron chi connectivity index (χ1n) is 5.12. The largest absolute Gasteiger partial charge is 0.340 e. The minimum atomic E-state index is -0.0478.